The maximum atomic E-state index is 10.7. The number of halogens is 1. The van der Waals surface area contributed by atoms with E-state index in [1.165, 1.54) is 0 Å². The van der Waals surface area contributed by atoms with E-state index in [-0.39, 0.29) is 10.8 Å². The molecule has 0 saturated carbocycles. The van der Waals surface area contributed by atoms with E-state index in [2.05, 4.69) is 51.8 Å². The summed E-state index contributed by atoms with van der Waals surface area (Å²) in [6.07, 6.45) is 1.70. The molecule has 0 radical (unpaired) electrons. The van der Waals surface area contributed by atoms with E-state index in [1.54, 1.807) is 12.3 Å². The van der Waals surface area contributed by atoms with Crippen LogP contribution in [0.5, 0.6) is 5.75 Å². The molecule has 0 aliphatic rings. The number of anilines is 2. The maximum absolute atomic E-state index is 10.7. The first-order valence-electron chi connectivity index (χ1n) is 7.75. The number of pyridine rings is 1. The third-order valence-corrected chi connectivity index (χ3v) is 3.97. The van der Waals surface area contributed by atoms with Crippen LogP contribution in [-0.4, -0.2) is 10.1 Å². The Morgan fingerprint density at radius 3 is 1.83 bits per heavy atom. The Bertz CT molecular complexity index is 660. The zero-order valence-electron chi connectivity index (χ0n) is 14.7. The molecule has 1 heterocycles. The van der Waals surface area contributed by atoms with Crippen LogP contribution in [0.2, 0.25) is 5.15 Å². The summed E-state index contributed by atoms with van der Waals surface area (Å²) in [4.78, 5) is 4.09. The second-order valence-corrected chi connectivity index (χ2v) is 8.30. The van der Waals surface area contributed by atoms with Crippen LogP contribution >= 0.6 is 11.6 Å². The van der Waals surface area contributed by atoms with Crippen LogP contribution in [0.1, 0.15) is 52.7 Å². The van der Waals surface area contributed by atoms with Crippen molar-refractivity contribution in [3.05, 3.63) is 46.7 Å². The molecular formula is C19H25ClN2O. The molecule has 23 heavy (non-hydrogen) atoms. The third kappa shape index (κ3) is 4.17. The smallest absolute Gasteiger partial charge is 0.129 e. The van der Waals surface area contributed by atoms with Gasteiger partial charge in [0.1, 0.15) is 10.9 Å². The summed E-state index contributed by atoms with van der Waals surface area (Å²) in [5.41, 5.74) is 3.34. The van der Waals surface area contributed by atoms with Gasteiger partial charge in [-0.05, 0) is 35.1 Å². The highest BCUT2D eigenvalue weighted by molar-refractivity contribution is 6.29. The van der Waals surface area contributed by atoms with Crippen LogP contribution in [0.15, 0.2) is 30.5 Å². The molecule has 2 aromatic rings. The highest BCUT2D eigenvalue weighted by Gasteiger charge is 2.26. The fraction of sp³-hybridized carbons (Fsp3) is 0.421. The summed E-state index contributed by atoms with van der Waals surface area (Å²) in [5, 5.41) is 14.5. The van der Waals surface area contributed by atoms with Crippen molar-refractivity contribution in [2.45, 2.75) is 52.4 Å². The second-order valence-electron chi connectivity index (χ2n) is 7.91. The van der Waals surface area contributed by atoms with Gasteiger partial charge in [0.05, 0.1) is 11.9 Å². The average molecular weight is 333 g/mol. The number of hydrogen-bond donors (Lipinski definition) is 2. The van der Waals surface area contributed by atoms with Crippen LogP contribution in [0.3, 0.4) is 0 Å². The lowest BCUT2D eigenvalue weighted by Gasteiger charge is -2.28. The van der Waals surface area contributed by atoms with E-state index in [9.17, 15) is 5.11 Å². The number of benzene rings is 1. The molecule has 0 fully saturated rings. The van der Waals surface area contributed by atoms with Crippen LogP contribution in [-0.2, 0) is 10.8 Å². The largest absolute Gasteiger partial charge is 0.507 e. The molecule has 4 heteroatoms. The normalized spacial score (nSPS) is 12.3. The van der Waals surface area contributed by atoms with E-state index >= 15 is 0 Å². The van der Waals surface area contributed by atoms with Crippen LogP contribution < -0.4 is 5.32 Å². The van der Waals surface area contributed by atoms with E-state index in [4.69, 9.17) is 11.6 Å². The summed E-state index contributed by atoms with van der Waals surface area (Å²) in [7, 11) is 0. The Hall–Kier alpha value is -1.74. The monoisotopic (exact) mass is 332 g/mol. The Balaban J connectivity index is 2.53. The van der Waals surface area contributed by atoms with Gasteiger partial charge in [0.25, 0.3) is 0 Å². The molecule has 0 atom stereocenters. The molecule has 0 saturated heterocycles. The van der Waals surface area contributed by atoms with Gasteiger partial charge in [-0.1, -0.05) is 53.1 Å². The Labute approximate surface area is 143 Å². The highest BCUT2D eigenvalue weighted by Crippen LogP contribution is 2.41. The summed E-state index contributed by atoms with van der Waals surface area (Å²) in [6.45, 7) is 12.6. The van der Waals surface area contributed by atoms with Gasteiger partial charge < -0.3 is 10.4 Å². The van der Waals surface area contributed by atoms with Crippen LogP contribution in [0.25, 0.3) is 0 Å². The first kappa shape index (κ1) is 17.6. The Kier molecular flexibility index (Phi) is 4.63. The lowest BCUT2D eigenvalue weighted by molar-refractivity contribution is 0.423. The number of aromatic nitrogens is 1. The Morgan fingerprint density at radius 1 is 0.913 bits per heavy atom. The fourth-order valence-electron chi connectivity index (χ4n) is 2.47. The zero-order chi connectivity index (χ0) is 17.4. The molecule has 124 valence electrons. The van der Waals surface area contributed by atoms with Crippen molar-refractivity contribution in [1.82, 2.24) is 4.98 Å². The van der Waals surface area contributed by atoms with E-state index in [0.717, 1.165) is 22.5 Å². The minimum Gasteiger partial charge on any atom is -0.507 e. The number of hydrogen-bond acceptors (Lipinski definition) is 3. The topological polar surface area (TPSA) is 45.2 Å². The van der Waals surface area contributed by atoms with Gasteiger partial charge in [0.2, 0.25) is 0 Å². The average Bonchev–Trinajstić information content (AvgIpc) is 2.40. The SMILES string of the molecule is CC(C)(C)c1cc(Nc2ccc(Cl)nc2)cc(C(C)(C)C)c1O. The fourth-order valence-corrected chi connectivity index (χ4v) is 2.58. The highest BCUT2D eigenvalue weighted by atomic mass is 35.5. The molecule has 2 N–H and O–H groups in total. The van der Waals surface area contributed by atoms with Crippen LogP contribution in [0.4, 0.5) is 11.4 Å². The van der Waals surface area contributed by atoms with Crippen molar-refractivity contribution in [2.75, 3.05) is 5.32 Å². The summed E-state index contributed by atoms with van der Waals surface area (Å²) in [5.74, 6) is 0.379. The predicted octanol–water partition coefficient (Wildman–Crippen LogP) is 5.78. The summed E-state index contributed by atoms with van der Waals surface area (Å²) < 4.78 is 0. The van der Waals surface area contributed by atoms with Gasteiger partial charge in [0.15, 0.2) is 0 Å². The number of rotatable bonds is 2. The molecule has 3 nitrogen and oxygen atoms in total. The standard InChI is InChI=1S/C19H25ClN2O/c1-18(2,3)14-9-13(10-15(17(14)23)19(4,5)6)22-12-7-8-16(20)21-11-12/h7-11,22-23H,1-6H3. The van der Waals surface area contributed by atoms with Crippen molar-refractivity contribution in [3.8, 4) is 5.75 Å². The molecule has 0 amide bonds. The summed E-state index contributed by atoms with van der Waals surface area (Å²) in [6, 6.07) is 7.63. The van der Waals surface area contributed by atoms with Gasteiger partial charge in [-0.25, -0.2) is 4.98 Å². The minimum absolute atomic E-state index is 0.153. The van der Waals surface area contributed by atoms with E-state index in [0.29, 0.717) is 10.9 Å². The predicted molar refractivity (Wildman–Crippen MR) is 98.0 cm³/mol. The molecule has 1 aromatic carbocycles. The summed E-state index contributed by atoms with van der Waals surface area (Å²) >= 11 is 5.83. The van der Waals surface area contributed by atoms with E-state index in [1.807, 2.05) is 18.2 Å². The minimum atomic E-state index is -0.153. The molecule has 2 rings (SSSR count). The van der Waals surface area contributed by atoms with Crippen molar-refractivity contribution in [3.63, 3.8) is 0 Å². The van der Waals surface area contributed by atoms with Gasteiger partial charge >= 0.3 is 0 Å². The van der Waals surface area contributed by atoms with E-state index < -0.39 is 0 Å². The Morgan fingerprint density at radius 2 is 1.43 bits per heavy atom. The maximum Gasteiger partial charge on any atom is 0.129 e. The van der Waals surface area contributed by atoms with Gasteiger partial charge in [-0.2, -0.15) is 0 Å². The number of nitrogens with one attached hydrogen (secondary N) is 1. The van der Waals surface area contributed by atoms with Crippen molar-refractivity contribution in [2.24, 2.45) is 0 Å². The van der Waals surface area contributed by atoms with Crippen LogP contribution in [0, 0.1) is 0 Å². The number of aromatic hydroxyl groups is 1. The lowest BCUT2D eigenvalue weighted by atomic mass is 9.79. The van der Waals surface area contributed by atoms with Crippen molar-refractivity contribution >= 4 is 23.0 Å². The molecule has 0 unspecified atom stereocenters. The molecule has 0 aliphatic heterocycles. The first-order valence-corrected chi connectivity index (χ1v) is 8.13. The molecule has 1 aromatic heterocycles. The number of nitrogens with zero attached hydrogens (tertiary/aromatic N) is 1. The quantitative estimate of drug-likeness (QED) is 0.541. The van der Waals surface area contributed by atoms with Gasteiger partial charge in [0, 0.05) is 16.8 Å². The van der Waals surface area contributed by atoms with Crippen molar-refractivity contribution < 1.29 is 5.11 Å². The first-order chi connectivity index (χ1) is 10.5. The second kappa shape index (κ2) is 6.04. The van der Waals surface area contributed by atoms with Crippen molar-refractivity contribution in [1.29, 1.82) is 0 Å². The lowest BCUT2D eigenvalue weighted by Crippen LogP contribution is -2.17. The van der Waals surface area contributed by atoms with Gasteiger partial charge in [-0.15, -0.1) is 0 Å². The molecular weight excluding hydrogens is 308 g/mol. The molecule has 0 aliphatic carbocycles. The molecule has 0 spiro atoms. The number of phenolic OH excluding ortho intramolecular Hbond substituents is 1. The third-order valence-electron chi connectivity index (χ3n) is 3.74. The van der Waals surface area contributed by atoms with Gasteiger partial charge in [-0.3, -0.25) is 0 Å². The number of phenols is 1. The molecule has 0 bridgehead atoms. The zero-order valence-corrected chi connectivity index (χ0v) is 15.4.